The zero-order chi connectivity index (χ0) is 15.6. The Balaban J connectivity index is 2.07. The van der Waals surface area contributed by atoms with Crippen molar-refractivity contribution in [2.24, 2.45) is 0 Å². The van der Waals surface area contributed by atoms with Gasteiger partial charge in [-0.3, -0.25) is 4.90 Å². The summed E-state index contributed by atoms with van der Waals surface area (Å²) in [5.74, 6) is 0. The molecule has 1 fully saturated rings. The van der Waals surface area contributed by atoms with Crippen LogP contribution in [0.3, 0.4) is 0 Å². The highest BCUT2D eigenvalue weighted by Gasteiger charge is 2.31. The van der Waals surface area contributed by atoms with Crippen molar-refractivity contribution in [3.05, 3.63) is 35.4 Å². The molecule has 0 aromatic heterocycles. The quantitative estimate of drug-likeness (QED) is 0.913. The van der Waals surface area contributed by atoms with Gasteiger partial charge < -0.3 is 10.0 Å². The molecule has 1 aromatic rings. The van der Waals surface area contributed by atoms with Crippen molar-refractivity contribution in [3.8, 4) is 0 Å². The van der Waals surface area contributed by atoms with Gasteiger partial charge in [-0.1, -0.05) is 12.1 Å². The van der Waals surface area contributed by atoms with Gasteiger partial charge in [0.05, 0.1) is 5.56 Å². The predicted octanol–water partition coefficient (Wildman–Crippen LogP) is 3.06. The van der Waals surface area contributed by atoms with Gasteiger partial charge in [-0.15, -0.1) is 0 Å². The van der Waals surface area contributed by atoms with Crippen LogP contribution in [0.15, 0.2) is 24.3 Å². The number of hydrogen-bond acceptors (Lipinski definition) is 2. The minimum atomic E-state index is -4.35. The van der Waals surface area contributed by atoms with E-state index < -0.39 is 17.8 Å². The van der Waals surface area contributed by atoms with Crippen molar-refractivity contribution in [2.75, 3.05) is 26.2 Å². The van der Waals surface area contributed by atoms with E-state index in [9.17, 15) is 18.0 Å². The number of nitrogens with zero attached hydrogens (tertiary/aromatic N) is 2. The summed E-state index contributed by atoms with van der Waals surface area (Å²) in [5, 5.41) is 8.89. The second-order valence-corrected chi connectivity index (χ2v) is 5.10. The summed E-state index contributed by atoms with van der Waals surface area (Å²) in [5.41, 5.74) is -0.0652. The van der Waals surface area contributed by atoms with Crippen LogP contribution in [-0.4, -0.2) is 47.2 Å². The maximum atomic E-state index is 12.7. The van der Waals surface area contributed by atoms with E-state index >= 15 is 0 Å². The molecule has 21 heavy (non-hydrogen) atoms. The Morgan fingerprint density at radius 2 is 1.86 bits per heavy atom. The lowest BCUT2D eigenvalue weighted by molar-refractivity contribution is -0.137. The lowest BCUT2D eigenvalue weighted by Crippen LogP contribution is -2.48. The molecule has 0 aliphatic carbocycles. The average molecular weight is 302 g/mol. The van der Waals surface area contributed by atoms with Crippen LogP contribution in [0.2, 0.25) is 0 Å². The van der Waals surface area contributed by atoms with Crippen LogP contribution < -0.4 is 0 Å². The fourth-order valence-electron chi connectivity index (χ4n) is 2.49. The van der Waals surface area contributed by atoms with Gasteiger partial charge in [0.25, 0.3) is 0 Å². The highest BCUT2D eigenvalue weighted by atomic mass is 19.4. The maximum absolute atomic E-state index is 12.7. The van der Waals surface area contributed by atoms with E-state index in [-0.39, 0.29) is 6.04 Å². The molecule has 7 heteroatoms. The minimum Gasteiger partial charge on any atom is -0.465 e. The largest absolute Gasteiger partial charge is 0.465 e. The first-order valence-corrected chi connectivity index (χ1v) is 6.68. The molecule has 1 atom stereocenters. The van der Waals surface area contributed by atoms with E-state index in [0.717, 1.165) is 12.1 Å². The fraction of sp³-hybridized carbons (Fsp3) is 0.500. The molecule has 4 nitrogen and oxygen atoms in total. The van der Waals surface area contributed by atoms with Gasteiger partial charge in [0.2, 0.25) is 0 Å². The number of amides is 1. The molecule has 1 aliphatic heterocycles. The normalized spacial score (nSPS) is 18.6. The fourth-order valence-corrected chi connectivity index (χ4v) is 2.49. The third kappa shape index (κ3) is 3.66. The molecular formula is C14H17F3N2O2. The van der Waals surface area contributed by atoms with Crippen molar-refractivity contribution in [3.63, 3.8) is 0 Å². The predicted molar refractivity (Wildman–Crippen MR) is 71.0 cm³/mol. The van der Waals surface area contributed by atoms with Gasteiger partial charge in [0, 0.05) is 32.2 Å². The summed E-state index contributed by atoms with van der Waals surface area (Å²) >= 11 is 0. The molecule has 0 bridgehead atoms. The molecule has 0 spiro atoms. The summed E-state index contributed by atoms with van der Waals surface area (Å²) in [6.07, 6.45) is -5.31. The lowest BCUT2D eigenvalue weighted by Gasteiger charge is -2.37. The second kappa shape index (κ2) is 5.93. The van der Waals surface area contributed by atoms with Gasteiger partial charge in [-0.05, 0) is 24.6 Å². The minimum absolute atomic E-state index is 0.178. The van der Waals surface area contributed by atoms with Crippen LogP contribution in [-0.2, 0) is 6.18 Å². The molecule has 0 saturated carbocycles. The summed E-state index contributed by atoms with van der Waals surface area (Å²) in [4.78, 5) is 14.1. The van der Waals surface area contributed by atoms with Crippen LogP contribution in [0.4, 0.5) is 18.0 Å². The Morgan fingerprint density at radius 1 is 1.24 bits per heavy atom. The number of carboxylic acid groups (broad SMARTS) is 1. The highest BCUT2D eigenvalue weighted by molar-refractivity contribution is 5.65. The first kappa shape index (κ1) is 15.6. The van der Waals surface area contributed by atoms with Gasteiger partial charge in [0.15, 0.2) is 0 Å². The Morgan fingerprint density at radius 3 is 2.38 bits per heavy atom. The summed E-state index contributed by atoms with van der Waals surface area (Å²) in [7, 11) is 0. The van der Waals surface area contributed by atoms with Crippen LogP contribution in [0, 0.1) is 0 Å². The Hall–Kier alpha value is -1.76. The van der Waals surface area contributed by atoms with Gasteiger partial charge in [-0.25, -0.2) is 4.79 Å². The first-order chi connectivity index (χ1) is 9.79. The summed E-state index contributed by atoms with van der Waals surface area (Å²) < 4.78 is 38.2. The van der Waals surface area contributed by atoms with Crippen molar-refractivity contribution in [2.45, 2.75) is 19.1 Å². The van der Waals surface area contributed by atoms with E-state index in [1.807, 2.05) is 11.8 Å². The molecule has 2 rings (SSSR count). The number of alkyl halides is 3. The third-order valence-corrected chi connectivity index (χ3v) is 3.83. The Kier molecular flexibility index (Phi) is 4.41. The van der Waals surface area contributed by atoms with E-state index in [1.165, 1.54) is 11.0 Å². The molecule has 1 aliphatic rings. The summed E-state index contributed by atoms with van der Waals surface area (Å²) in [6, 6.07) is 5.11. The molecule has 1 heterocycles. The van der Waals surface area contributed by atoms with E-state index in [4.69, 9.17) is 5.11 Å². The molecule has 116 valence electrons. The number of rotatable bonds is 2. The molecule has 1 N–H and O–H groups in total. The average Bonchev–Trinajstić information content (AvgIpc) is 2.46. The standard InChI is InChI=1S/C14H17F3N2O2/c1-10(18-5-7-19(8-6-18)13(20)21)11-3-2-4-12(9-11)14(15,16)17/h2-4,9-10H,5-8H2,1H3,(H,20,21). The zero-order valence-electron chi connectivity index (χ0n) is 11.6. The van der Waals surface area contributed by atoms with Crippen molar-refractivity contribution >= 4 is 6.09 Å². The first-order valence-electron chi connectivity index (χ1n) is 6.68. The number of carbonyl (C=O) groups is 1. The van der Waals surface area contributed by atoms with Gasteiger partial charge in [0.1, 0.15) is 0 Å². The third-order valence-electron chi connectivity index (χ3n) is 3.83. The van der Waals surface area contributed by atoms with Crippen LogP contribution in [0.5, 0.6) is 0 Å². The van der Waals surface area contributed by atoms with E-state index in [0.29, 0.717) is 31.7 Å². The molecule has 1 unspecified atom stereocenters. The highest BCUT2D eigenvalue weighted by Crippen LogP contribution is 2.32. The molecule has 1 saturated heterocycles. The van der Waals surface area contributed by atoms with Crippen LogP contribution in [0.1, 0.15) is 24.1 Å². The molecule has 1 amide bonds. The topological polar surface area (TPSA) is 43.8 Å². The number of benzene rings is 1. The smallest absolute Gasteiger partial charge is 0.416 e. The summed E-state index contributed by atoms with van der Waals surface area (Å²) in [6.45, 7) is 3.62. The van der Waals surface area contributed by atoms with Gasteiger partial charge in [-0.2, -0.15) is 13.2 Å². The van der Waals surface area contributed by atoms with E-state index in [2.05, 4.69) is 0 Å². The number of hydrogen-bond donors (Lipinski definition) is 1. The molecular weight excluding hydrogens is 285 g/mol. The maximum Gasteiger partial charge on any atom is 0.416 e. The molecule has 0 radical (unpaired) electrons. The van der Waals surface area contributed by atoms with Gasteiger partial charge >= 0.3 is 12.3 Å². The monoisotopic (exact) mass is 302 g/mol. The Labute approximate surface area is 120 Å². The lowest BCUT2D eigenvalue weighted by atomic mass is 10.0. The zero-order valence-corrected chi connectivity index (χ0v) is 11.6. The number of piperazine rings is 1. The molecule has 1 aromatic carbocycles. The van der Waals surface area contributed by atoms with Crippen molar-refractivity contribution < 1.29 is 23.1 Å². The van der Waals surface area contributed by atoms with Crippen molar-refractivity contribution in [1.82, 2.24) is 9.80 Å². The van der Waals surface area contributed by atoms with Crippen molar-refractivity contribution in [1.29, 1.82) is 0 Å². The number of halogens is 3. The second-order valence-electron chi connectivity index (χ2n) is 5.10. The SMILES string of the molecule is CC(c1cccc(C(F)(F)F)c1)N1CCN(C(=O)O)CC1. The van der Waals surface area contributed by atoms with Crippen LogP contribution >= 0.6 is 0 Å². The van der Waals surface area contributed by atoms with E-state index in [1.54, 1.807) is 6.07 Å². The Bertz CT molecular complexity index is 511. The van der Waals surface area contributed by atoms with Crippen LogP contribution in [0.25, 0.3) is 0 Å².